The minimum Gasteiger partial charge on any atom is -0.289 e. The third-order valence-corrected chi connectivity index (χ3v) is 2.28. The normalized spacial score (nSPS) is 9.65. The second-order valence-electron chi connectivity index (χ2n) is 3.38. The van der Waals surface area contributed by atoms with Gasteiger partial charge < -0.3 is 0 Å². The van der Waals surface area contributed by atoms with Gasteiger partial charge in [-0.05, 0) is 30.3 Å². The van der Waals surface area contributed by atoms with Gasteiger partial charge in [0, 0.05) is 23.5 Å². The van der Waals surface area contributed by atoms with Crippen LogP contribution in [0.25, 0.3) is 0 Å². The molecule has 0 bridgehead atoms. The van der Waals surface area contributed by atoms with E-state index in [1.807, 2.05) is 0 Å². The lowest BCUT2D eigenvalue weighted by molar-refractivity contribution is 0.103. The summed E-state index contributed by atoms with van der Waals surface area (Å²) in [6.45, 7) is 0. The average molecular weight is 226 g/mol. The molecular formula is C13H7FN2O. The van der Waals surface area contributed by atoms with Crippen LogP contribution in [0, 0.1) is 17.1 Å². The third-order valence-electron chi connectivity index (χ3n) is 2.28. The molecule has 2 aromatic rings. The lowest BCUT2D eigenvalue weighted by atomic mass is 10.0. The molecular weight excluding hydrogens is 219 g/mol. The van der Waals surface area contributed by atoms with Gasteiger partial charge in [-0.2, -0.15) is 5.26 Å². The summed E-state index contributed by atoms with van der Waals surface area (Å²) in [6, 6.07) is 8.72. The zero-order valence-corrected chi connectivity index (χ0v) is 8.72. The summed E-state index contributed by atoms with van der Waals surface area (Å²) in [5, 5.41) is 8.58. The number of benzene rings is 1. The van der Waals surface area contributed by atoms with Crippen molar-refractivity contribution in [3.05, 3.63) is 65.2 Å². The molecule has 0 saturated heterocycles. The van der Waals surface area contributed by atoms with Gasteiger partial charge >= 0.3 is 0 Å². The smallest absolute Gasteiger partial charge is 0.194 e. The SMILES string of the molecule is N#Cc1ccc(C(=O)c2cccnc2)cc1F. The number of ketones is 1. The molecule has 2 rings (SSSR count). The van der Waals surface area contributed by atoms with Gasteiger partial charge in [0.1, 0.15) is 11.9 Å². The molecule has 0 aliphatic rings. The Bertz CT molecular complexity index is 603. The molecule has 0 N–H and O–H groups in total. The minimum atomic E-state index is -0.692. The van der Waals surface area contributed by atoms with E-state index in [1.54, 1.807) is 24.4 Å². The van der Waals surface area contributed by atoms with Crippen molar-refractivity contribution >= 4 is 5.78 Å². The van der Waals surface area contributed by atoms with Crippen LogP contribution in [0.2, 0.25) is 0 Å². The number of hydrogen-bond donors (Lipinski definition) is 0. The molecule has 0 spiro atoms. The van der Waals surface area contributed by atoms with Crippen LogP contribution in [-0.2, 0) is 0 Å². The van der Waals surface area contributed by atoms with E-state index in [4.69, 9.17) is 5.26 Å². The van der Waals surface area contributed by atoms with Gasteiger partial charge in [-0.25, -0.2) is 4.39 Å². The number of nitrogens with zero attached hydrogens (tertiary/aromatic N) is 2. The van der Waals surface area contributed by atoms with Gasteiger partial charge in [0.25, 0.3) is 0 Å². The predicted octanol–water partition coefficient (Wildman–Crippen LogP) is 2.32. The van der Waals surface area contributed by atoms with Crippen molar-refractivity contribution in [3.8, 4) is 6.07 Å². The number of pyridine rings is 1. The zero-order valence-electron chi connectivity index (χ0n) is 8.72. The van der Waals surface area contributed by atoms with E-state index >= 15 is 0 Å². The molecule has 0 aliphatic heterocycles. The summed E-state index contributed by atoms with van der Waals surface area (Å²) >= 11 is 0. The number of carbonyl (C=O) groups excluding carboxylic acids is 1. The molecule has 1 aromatic carbocycles. The molecule has 0 saturated carbocycles. The van der Waals surface area contributed by atoms with Crippen molar-refractivity contribution < 1.29 is 9.18 Å². The maximum absolute atomic E-state index is 13.3. The first-order chi connectivity index (χ1) is 8.22. The van der Waals surface area contributed by atoms with Crippen molar-refractivity contribution in [1.29, 1.82) is 5.26 Å². The molecule has 82 valence electrons. The Labute approximate surface area is 97.2 Å². The molecule has 0 amide bonds. The second kappa shape index (κ2) is 4.54. The molecule has 17 heavy (non-hydrogen) atoms. The van der Waals surface area contributed by atoms with Gasteiger partial charge in [-0.1, -0.05) is 0 Å². The van der Waals surface area contributed by atoms with Crippen LogP contribution in [0.1, 0.15) is 21.5 Å². The molecule has 1 heterocycles. The number of carbonyl (C=O) groups is 1. The molecule has 1 aromatic heterocycles. The Hall–Kier alpha value is -2.54. The van der Waals surface area contributed by atoms with E-state index in [2.05, 4.69) is 4.98 Å². The number of nitriles is 1. The summed E-state index contributed by atoms with van der Waals surface area (Å²) in [6.07, 6.45) is 2.97. The van der Waals surface area contributed by atoms with Crippen molar-refractivity contribution in [1.82, 2.24) is 4.98 Å². The van der Waals surface area contributed by atoms with Gasteiger partial charge in [0.2, 0.25) is 0 Å². The summed E-state index contributed by atoms with van der Waals surface area (Å²) in [5.41, 5.74) is 0.513. The quantitative estimate of drug-likeness (QED) is 0.738. The van der Waals surface area contributed by atoms with Gasteiger partial charge in [-0.3, -0.25) is 9.78 Å². The predicted molar refractivity (Wildman–Crippen MR) is 58.8 cm³/mol. The maximum Gasteiger partial charge on any atom is 0.194 e. The summed E-state index contributed by atoms with van der Waals surface area (Å²) < 4.78 is 13.3. The van der Waals surface area contributed by atoms with E-state index in [0.717, 1.165) is 6.07 Å². The first-order valence-corrected chi connectivity index (χ1v) is 4.87. The fraction of sp³-hybridized carbons (Fsp3) is 0. The fourth-order valence-electron chi connectivity index (χ4n) is 1.41. The van der Waals surface area contributed by atoms with Crippen LogP contribution >= 0.6 is 0 Å². The van der Waals surface area contributed by atoms with E-state index in [-0.39, 0.29) is 16.9 Å². The highest BCUT2D eigenvalue weighted by atomic mass is 19.1. The Morgan fingerprint density at radius 1 is 1.29 bits per heavy atom. The Morgan fingerprint density at radius 2 is 2.12 bits per heavy atom. The number of rotatable bonds is 2. The monoisotopic (exact) mass is 226 g/mol. The molecule has 4 heteroatoms. The van der Waals surface area contributed by atoms with Crippen LogP contribution in [0.4, 0.5) is 4.39 Å². The van der Waals surface area contributed by atoms with Gasteiger partial charge in [0.15, 0.2) is 5.78 Å². The summed E-state index contributed by atoms with van der Waals surface area (Å²) in [5.74, 6) is -1.01. The van der Waals surface area contributed by atoms with Gasteiger partial charge in [0.05, 0.1) is 5.56 Å². The molecule has 0 atom stereocenters. The van der Waals surface area contributed by atoms with Crippen molar-refractivity contribution in [2.24, 2.45) is 0 Å². The Balaban J connectivity index is 2.40. The van der Waals surface area contributed by atoms with Crippen LogP contribution < -0.4 is 0 Å². The van der Waals surface area contributed by atoms with Crippen molar-refractivity contribution in [2.45, 2.75) is 0 Å². The fourth-order valence-corrected chi connectivity index (χ4v) is 1.41. The first kappa shape index (κ1) is 11.0. The van der Waals surface area contributed by atoms with E-state index in [1.165, 1.54) is 18.3 Å². The van der Waals surface area contributed by atoms with Crippen molar-refractivity contribution in [3.63, 3.8) is 0 Å². The Kier molecular flexibility index (Phi) is 2.93. The van der Waals surface area contributed by atoms with Gasteiger partial charge in [-0.15, -0.1) is 0 Å². The molecule has 0 aliphatic carbocycles. The largest absolute Gasteiger partial charge is 0.289 e. The lowest BCUT2D eigenvalue weighted by Crippen LogP contribution is -2.02. The van der Waals surface area contributed by atoms with Crippen LogP contribution in [0.3, 0.4) is 0 Å². The third kappa shape index (κ3) is 2.18. The minimum absolute atomic E-state index is 0.0762. The number of hydrogen-bond acceptors (Lipinski definition) is 3. The zero-order chi connectivity index (χ0) is 12.3. The van der Waals surface area contributed by atoms with Crippen LogP contribution in [0.15, 0.2) is 42.7 Å². The lowest BCUT2D eigenvalue weighted by Gasteiger charge is -2.01. The highest BCUT2D eigenvalue weighted by molar-refractivity contribution is 6.08. The van der Waals surface area contributed by atoms with Crippen LogP contribution in [-0.4, -0.2) is 10.8 Å². The first-order valence-electron chi connectivity index (χ1n) is 4.87. The number of aromatic nitrogens is 1. The molecule has 0 fully saturated rings. The second-order valence-corrected chi connectivity index (χ2v) is 3.38. The Morgan fingerprint density at radius 3 is 2.71 bits per heavy atom. The standard InChI is InChI=1S/C13H7FN2O/c14-12-6-9(3-4-10(12)7-15)13(17)11-2-1-5-16-8-11/h1-6,8H. The molecule has 3 nitrogen and oxygen atoms in total. The summed E-state index contributed by atoms with van der Waals surface area (Å²) in [4.78, 5) is 15.7. The maximum atomic E-state index is 13.3. The van der Waals surface area contributed by atoms with E-state index in [9.17, 15) is 9.18 Å². The highest BCUT2D eigenvalue weighted by Crippen LogP contribution is 2.13. The highest BCUT2D eigenvalue weighted by Gasteiger charge is 2.11. The average Bonchev–Trinajstić information content (AvgIpc) is 2.39. The number of halogens is 1. The topological polar surface area (TPSA) is 53.8 Å². The van der Waals surface area contributed by atoms with E-state index in [0.29, 0.717) is 5.56 Å². The molecule has 0 radical (unpaired) electrons. The summed E-state index contributed by atoms with van der Waals surface area (Å²) in [7, 11) is 0. The van der Waals surface area contributed by atoms with Crippen molar-refractivity contribution in [2.75, 3.05) is 0 Å². The van der Waals surface area contributed by atoms with Crippen LogP contribution in [0.5, 0.6) is 0 Å². The molecule has 0 unspecified atom stereocenters. The van der Waals surface area contributed by atoms with E-state index < -0.39 is 5.82 Å².